The third-order valence-electron chi connectivity index (χ3n) is 5.90. The number of carboxylic acids is 1. The number of fused-ring (bicyclic) bond motifs is 2. The molecule has 4 aromatic rings. The van der Waals surface area contributed by atoms with Crippen molar-refractivity contribution in [3.8, 4) is 17.2 Å². The van der Waals surface area contributed by atoms with Gasteiger partial charge in [0.15, 0.2) is 17.3 Å². The number of hydrogen-bond acceptors (Lipinski definition) is 6. The number of carboxylic acid groups (broad SMARTS) is 1. The number of methoxy groups -OCH3 is 1. The Morgan fingerprint density at radius 3 is 2.46 bits per heavy atom. The molecule has 0 aliphatic carbocycles. The van der Waals surface area contributed by atoms with Crippen LogP contribution in [-0.2, 0) is 11.2 Å². The Morgan fingerprint density at radius 1 is 0.943 bits per heavy atom. The number of ether oxygens (including phenoxy) is 3. The Labute approximate surface area is 201 Å². The highest BCUT2D eigenvalue weighted by Gasteiger charge is 2.26. The van der Waals surface area contributed by atoms with Crippen molar-refractivity contribution >= 4 is 28.1 Å². The summed E-state index contributed by atoms with van der Waals surface area (Å²) in [4.78, 5) is 30.9. The van der Waals surface area contributed by atoms with Gasteiger partial charge in [-0.3, -0.25) is 9.78 Å². The van der Waals surface area contributed by atoms with Gasteiger partial charge in [-0.05, 0) is 53.4 Å². The van der Waals surface area contributed by atoms with Gasteiger partial charge in [-0.1, -0.05) is 30.3 Å². The van der Waals surface area contributed by atoms with E-state index >= 15 is 0 Å². The van der Waals surface area contributed by atoms with E-state index in [1.54, 1.807) is 48.7 Å². The van der Waals surface area contributed by atoms with E-state index in [4.69, 9.17) is 14.2 Å². The second-order valence-electron chi connectivity index (χ2n) is 7.94. The van der Waals surface area contributed by atoms with Crippen LogP contribution < -0.4 is 14.2 Å². The number of ketones is 1. The third kappa shape index (κ3) is 4.31. The van der Waals surface area contributed by atoms with Crippen molar-refractivity contribution in [2.45, 2.75) is 6.42 Å². The fraction of sp³-hybridized carbons (Fsp3) is 0.107. The van der Waals surface area contributed by atoms with E-state index in [2.05, 4.69) is 4.98 Å². The maximum absolute atomic E-state index is 13.8. The molecule has 35 heavy (non-hydrogen) atoms. The summed E-state index contributed by atoms with van der Waals surface area (Å²) < 4.78 is 16.0. The molecule has 0 unspecified atom stereocenters. The second kappa shape index (κ2) is 9.30. The zero-order valence-corrected chi connectivity index (χ0v) is 18.9. The highest BCUT2D eigenvalue weighted by Crippen LogP contribution is 2.36. The Hall–Kier alpha value is -4.65. The topological polar surface area (TPSA) is 95.0 Å². The van der Waals surface area contributed by atoms with Crippen molar-refractivity contribution in [2.75, 3.05) is 13.9 Å². The summed E-state index contributed by atoms with van der Waals surface area (Å²) in [5.41, 5.74) is 1.31. The molecule has 1 aromatic heterocycles. The molecular formula is C28H21NO6. The monoisotopic (exact) mass is 467 g/mol. The maximum Gasteiger partial charge on any atom is 0.336 e. The molecule has 7 heteroatoms. The molecule has 7 nitrogen and oxygen atoms in total. The molecule has 174 valence electrons. The number of Topliss-reactive ketones (excluding diaryl/α,β-unsaturated/α-hetero) is 1. The summed E-state index contributed by atoms with van der Waals surface area (Å²) in [5, 5.41) is 12.1. The minimum Gasteiger partial charge on any atom is -0.497 e. The van der Waals surface area contributed by atoms with Crippen LogP contribution in [0.3, 0.4) is 0 Å². The summed E-state index contributed by atoms with van der Waals surface area (Å²) in [5.74, 6) is -0.0755. The van der Waals surface area contributed by atoms with Crippen molar-refractivity contribution in [1.82, 2.24) is 4.98 Å². The van der Waals surface area contributed by atoms with E-state index in [9.17, 15) is 14.7 Å². The molecule has 0 bridgehead atoms. The summed E-state index contributed by atoms with van der Waals surface area (Å²) in [7, 11) is 1.54. The normalized spacial score (nSPS) is 12.8. The lowest BCUT2D eigenvalue weighted by Crippen LogP contribution is -2.14. The summed E-state index contributed by atoms with van der Waals surface area (Å²) in [6, 6.07) is 21.0. The molecular weight excluding hydrogens is 446 g/mol. The summed E-state index contributed by atoms with van der Waals surface area (Å²) in [6.45, 7) is 0.0580. The number of benzene rings is 3. The van der Waals surface area contributed by atoms with E-state index in [1.165, 1.54) is 7.11 Å². The Morgan fingerprint density at radius 2 is 1.69 bits per heavy atom. The van der Waals surface area contributed by atoms with Gasteiger partial charge in [0.2, 0.25) is 6.79 Å². The zero-order chi connectivity index (χ0) is 24.4. The number of aromatic nitrogens is 1. The number of pyridine rings is 1. The molecule has 0 fully saturated rings. The molecule has 0 saturated carbocycles. The van der Waals surface area contributed by atoms with Crippen molar-refractivity contribution in [2.24, 2.45) is 0 Å². The Bertz CT molecular complexity index is 1470. The first-order chi connectivity index (χ1) is 17.0. The van der Waals surface area contributed by atoms with Gasteiger partial charge in [0, 0.05) is 29.1 Å². The second-order valence-corrected chi connectivity index (χ2v) is 7.94. The SMILES string of the molecule is COc1ccc(C(=O)/C(Cc2nccc3ccccc23)=C(\C(=O)O)c2ccc3c(c2)OCO3)cc1. The highest BCUT2D eigenvalue weighted by molar-refractivity contribution is 6.26. The van der Waals surface area contributed by atoms with Crippen LogP contribution in [0.4, 0.5) is 0 Å². The quantitative estimate of drug-likeness (QED) is 0.304. The lowest BCUT2D eigenvalue weighted by atomic mass is 9.89. The number of carbonyl (C=O) groups is 2. The lowest BCUT2D eigenvalue weighted by molar-refractivity contribution is -0.130. The van der Waals surface area contributed by atoms with Crippen LogP contribution in [0.1, 0.15) is 21.6 Å². The molecule has 0 spiro atoms. The van der Waals surface area contributed by atoms with E-state index in [1.807, 2.05) is 30.3 Å². The number of hydrogen-bond donors (Lipinski definition) is 1. The molecule has 1 N–H and O–H groups in total. The molecule has 0 atom stereocenters. The van der Waals surface area contributed by atoms with E-state index in [0.29, 0.717) is 34.1 Å². The van der Waals surface area contributed by atoms with E-state index in [-0.39, 0.29) is 24.4 Å². The fourth-order valence-corrected chi connectivity index (χ4v) is 4.17. The Kier molecular flexibility index (Phi) is 5.89. The van der Waals surface area contributed by atoms with Gasteiger partial charge in [-0.15, -0.1) is 0 Å². The number of aliphatic carboxylic acids is 1. The molecule has 2 heterocycles. The Balaban J connectivity index is 1.70. The molecule has 3 aromatic carbocycles. The largest absolute Gasteiger partial charge is 0.497 e. The van der Waals surface area contributed by atoms with Crippen molar-refractivity contribution < 1.29 is 28.9 Å². The maximum atomic E-state index is 13.8. The number of allylic oxidation sites excluding steroid dienone is 1. The first-order valence-electron chi connectivity index (χ1n) is 10.9. The van der Waals surface area contributed by atoms with Crippen LogP contribution in [0.15, 0.2) is 84.6 Å². The zero-order valence-electron chi connectivity index (χ0n) is 18.9. The average molecular weight is 467 g/mol. The number of nitrogens with zero attached hydrogens (tertiary/aromatic N) is 1. The van der Waals surface area contributed by atoms with Crippen LogP contribution in [0.2, 0.25) is 0 Å². The van der Waals surface area contributed by atoms with Crippen LogP contribution in [0.5, 0.6) is 17.2 Å². The van der Waals surface area contributed by atoms with Gasteiger partial charge in [0.25, 0.3) is 0 Å². The van der Waals surface area contributed by atoms with Gasteiger partial charge in [0.05, 0.1) is 18.4 Å². The van der Waals surface area contributed by atoms with Crippen molar-refractivity contribution in [3.05, 3.63) is 101 Å². The number of rotatable bonds is 7. The average Bonchev–Trinajstić information content (AvgIpc) is 3.36. The van der Waals surface area contributed by atoms with Crippen molar-refractivity contribution in [3.63, 3.8) is 0 Å². The van der Waals surface area contributed by atoms with Gasteiger partial charge in [0.1, 0.15) is 5.75 Å². The van der Waals surface area contributed by atoms with Crippen LogP contribution in [0, 0.1) is 0 Å². The first kappa shape index (κ1) is 22.2. The minimum atomic E-state index is -1.22. The predicted octanol–water partition coefficient (Wildman–Crippen LogP) is 4.94. The van der Waals surface area contributed by atoms with Gasteiger partial charge < -0.3 is 19.3 Å². The van der Waals surface area contributed by atoms with Crippen LogP contribution >= 0.6 is 0 Å². The smallest absolute Gasteiger partial charge is 0.336 e. The van der Waals surface area contributed by atoms with Crippen LogP contribution in [-0.4, -0.2) is 35.7 Å². The number of carbonyl (C=O) groups excluding carboxylic acids is 1. The third-order valence-corrected chi connectivity index (χ3v) is 5.90. The molecule has 1 aliphatic rings. The standard InChI is InChI=1S/C28H21NO6/c1-33-20-9-6-18(7-10-20)27(30)22(15-23-21-5-3-2-4-17(21)12-13-29-23)26(28(31)32)19-8-11-24-25(14-19)35-16-34-24/h2-14H,15-16H2,1H3,(H,31,32)/b26-22-. The highest BCUT2D eigenvalue weighted by atomic mass is 16.7. The van der Waals surface area contributed by atoms with Gasteiger partial charge in [-0.2, -0.15) is 0 Å². The van der Waals surface area contributed by atoms with E-state index in [0.717, 1.165) is 10.8 Å². The predicted molar refractivity (Wildman–Crippen MR) is 130 cm³/mol. The summed E-state index contributed by atoms with van der Waals surface area (Å²) >= 11 is 0. The van der Waals surface area contributed by atoms with Gasteiger partial charge >= 0.3 is 5.97 Å². The van der Waals surface area contributed by atoms with E-state index < -0.39 is 11.8 Å². The fourth-order valence-electron chi connectivity index (χ4n) is 4.17. The first-order valence-corrected chi connectivity index (χ1v) is 10.9. The molecule has 0 saturated heterocycles. The van der Waals surface area contributed by atoms with Gasteiger partial charge in [-0.25, -0.2) is 4.79 Å². The minimum absolute atomic E-state index is 0.0301. The molecule has 1 aliphatic heterocycles. The molecule has 5 rings (SSSR count). The van der Waals surface area contributed by atoms with Crippen molar-refractivity contribution in [1.29, 1.82) is 0 Å². The summed E-state index contributed by atoms with van der Waals surface area (Å²) in [6.07, 6.45) is 1.69. The lowest BCUT2D eigenvalue weighted by Gasteiger charge is -2.14. The molecule has 0 amide bonds. The molecule has 0 radical (unpaired) electrons. The van der Waals surface area contributed by atoms with Crippen LogP contribution in [0.25, 0.3) is 16.3 Å².